The van der Waals surface area contributed by atoms with E-state index >= 15 is 0 Å². The second kappa shape index (κ2) is 8.54. The van der Waals surface area contributed by atoms with Crippen LogP contribution in [0.4, 0.5) is 0 Å². The number of hydrogen-bond acceptors (Lipinski definition) is 3. The number of unbranched alkanes of at least 4 members (excludes halogenated alkanes) is 1. The van der Waals surface area contributed by atoms with E-state index in [1.165, 1.54) is 0 Å². The normalized spacial score (nSPS) is 24.5. The van der Waals surface area contributed by atoms with Crippen molar-refractivity contribution in [2.24, 2.45) is 5.41 Å². The third-order valence-electron chi connectivity index (χ3n) is 4.03. The van der Waals surface area contributed by atoms with E-state index in [0.717, 1.165) is 64.8 Å². The largest absolute Gasteiger partial charge is 0.481 e. The highest BCUT2D eigenvalue weighted by Crippen LogP contribution is 2.34. The molecule has 1 N–H and O–H groups in total. The summed E-state index contributed by atoms with van der Waals surface area (Å²) in [6.07, 6.45) is 5.80. The number of nitrogens with zero attached hydrogens (tertiary/aromatic N) is 1. The molecule has 1 heterocycles. The molecular formula is C15H29NO3. The van der Waals surface area contributed by atoms with Gasteiger partial charge in [0, 0.05) is 19.7 Å². The van der Waals surface area contributed by atoms with Crippen molar-refractivity contribution in [3.63, 3.8) is 0 Å². The summed E-state index contributed by atoms with van der Waals surface area (Å²) in [5, 5.41) is 9.52. The minimum atomic E-state index is -0.619. The first-order chi connectivity index (χ1) is 9.14. The van der Waals surface area contributed by atoms with Crippen molar-refractivity contribution in [3.05, 3.63) is 0 Å². The molecule has 0 amide bonds. The molecule has 112 valence electrons. The maximum Gasteiger partial charge on any atom is 0.310 e. The quantitative estimate of drug-likeness (QED) is 0.655. The summed E-state index contributed by atoms with van der Waals surface area (Å²) in [4.78, 5) is 13.8. The van der Waals surface area contributed by atoms with Crippen LogP contribution in [0.2, 0.25) is 0 Å². The van der Waals surface area contributed by atoms with Crippen LogP contribution in [-0.4, -0.2) is 48.8 Å². The van der Waals surface area contributed by atoms with E-state index in [1.807, 2.05) is 0 Å². The predicted octanol–water partition coefficient (Wildman–Crippen LogP) is 2.77. The summed E-state index contributed by atoms with van der Waals surface area (Å²) in [7, 11) is 0. The zero-order valence-electron chi connectivity index (χ0n) is 12.5. The highest BCUT2D eigenvalue weighted by molar-refractivity contribution is 5.75. The van der Waals surface area contributed by atoms with Crippen molar-refractivity contribution in [1.82, 2.24) is 4.90 Å². The van der Waals surface area contributed by atoms with E-state index in [1.54, 1.807) is 0 Å². The molecule has 0 spiro atoms. The molecule has 0 aromatic rings. The van der Waals surface area contributed by atoms with E-state index in [2.05, 4.69) is 18.7 Å². The Hall–Kier alpha value is -0.610. The SMILES string of the molecule is CCCCOCCN1CCCC(CCC)(C(=O)O)C1. The van der Waals surface area contributed by atoms with Gasteiger partial charge >= 0.3 is 5.97 Å². The third kappa shape index (κ3) is 5.11. The number of carboxylic acid groups (broad SMARTS) is 1. The molecule has 4 heteroatoms. The van der Waals surface area contributed by atoms with Crippen molar-refractivity contribution < 1.29 is 14.6 Å². The molecule has 1 rings (SSSR count). The maximum absolute atomic E-state index is 11.6. The molecule has 0 aliphatic carbocycles. The topological polar surface area (TPSA) is 49.8 Å². The first-order valence-corrected chi connectivity index (χ1v) is 7.68. The van der Waals surface area contributed by atoms with Gasteiger partial charge in [0.2, 0.25) is 0 Å². The number of hydrogen-bond donors (Lipinski definition) is 1. The summed E-state index contributed by atoms with van der Waals surface area (Å²) in [6.45, 7) is 8.33. The fourth-order valence-corrected chi connectivity index (χ4v) is 2.92. The van der Waals surface area contributed by atoms with Crippen LogP contribution >= 0.6 is 0 Å². The molecule has 1 unspecified atom stereocenters. The van der Waals surface area contributed by atoms with E-state index in [-0.39, 0.29) is 0 Å². The van der Waals surface area contributed by atoms with Gasteiger partial charge in [-0.05, 0) is 32.2 Å². The molecule has 1 aliphatic heterocycles. The number of piperidine rings is 1. The highest BCUT2D eigenvalue weighted by Gasteiger charge is 2.41. The fourth-order valence-electron chi connectivity index (χ4n) is 2.92. The summed E-state index contributed by atoms with van der Waals surface area (Å²) < 4.78 is 5.58. The lowest BCUT2D eigenvalue weighted by molar-refractivity contribution is -0.153. The number of likely N-dealkylation sites (tertiary alicyclic amines) is 1. The Labute approximate surface area is 117 Å². The number of carboxylic acids is 1. The lowest BCUT2D eigenvalue weighted by Gasteiger charge is -2.39. The van der Waals surface area contributed by atoms with Gasteiger partial charge in [-0.1, -0.05) is 26.7 Å². The molecule has 1 aliphatic rings. The molecule has 0 aromatic carbocycles. The Morgan fingerprint density at radius 2 is 2.11 bits per heavy atom. The lowest BCUT2D eigenvalue weighted by atomic mass is 9.76. The van der Waals surface area contributed by atoms with Gasteiger partial charge in [0.25, 0.3) is 0 Å². The second-order valence-corrected chi connectivity index (χ2v) is 5.68. The average Bonchev–Trinajstić information content (AvgIpc) is 2.39. The van der Waals surface area contributed by atoms with Crippen LogP contribution in [0.25, 0.3) is 0 Å². The van der Waals surface area contributed by atoms with Crippen molar-refractivity contribution in [1.29, 1.82) is 0 Å². The fraction of sp³-hybridized carbons (Fsp3) is 0.933. The molecule has 19 heavy (non-hydrogen) atoms. The smallest absolute Gasteiger partial charge is 0.310 e. The average molecular weight is 271 g/mol. The third-order valence-corrected chi connectivity index (χ3v) is 4.03. The van der Waals surface area contributed by atoms with Crippen LogP contribution < -0.4 is 0 Å². The van der Waals surface area contributed by atoms with E-state index in [9.17, 15) is 9.90 Å². The van der Waals surface area contributed by atoms with Crippen LogP contribution in [0.3, 0.4) is 0 Å². The van der Waals surface area contributed by atoms with Gasteiger partial charge < -0.3 is 9.84 Å². The van der Waals surface area contributed by atoms with Crippen LogP contribution in [0.15, 0.2) is 0 Å². The van der Waals surface area contributed by atoms with Crippen molar-refractivity contribution in [3.8, 4) is 0 Å². The Morgan fingerprint density at radius 3 is 2.74 bits per heavy atom. The zero-order valence-corrected chi connectivity index (χ0v) is 12.5. The summed E-state index contributed by atoms with van der Waals surface area (Å²) in [6, 6.07) is 0. The molecule has 1 saturated heterocycles. The van der Waals surface area contributed by atoms with E-state index in [4.69, 9.17) is 4.74 Å². The maximum atomic E-state index is 11.6. The van der Waals surface area contributed by atoms with Crippen molar-refractivity contribution >= 4 is 5.97 Å². The van der Waals surface area contributed by atoms with Crippen LogP contribution in [0.1, 0.15) is 52.4 Å². The van der Waals surface area contributed by atoms with Crippen LogP contribution in [0.5, 0.6) is 0 Å². The number of carbonyl (C=O) groups is 1. The molecule has 1 fully saturated rings. The number of rotatable bonds is 9. The molecular weight excluding hydrogens is 242 g/mol. The van der Waals surface area contributed by atoms with Gasteiger partial charge in [-0.2, -0.15) is 0 Å². The molecule has 4 nitrogen and oxygen atoms in total. The summed E-state index contributed by atoms with van der Waals surface area (Å²) >= 11 is 0. The zero-order chi connectivity index (χ0) is 14.1. The van der Waals surface area contributed by atoms with Gasteiger partial charge in [0.1, 0.15) is 0 Å². The van der Waals surface area contributed by atoms with Gasteiger partial charge in [-0.15, -0.1) is 0 Å². The molecule has 0 bridgehead atoms. The minimum absolute atomic E-state index is 0.517. The minimum Gasteiger partial charge on any atom is -0.481 e. The van der Waals surface area contributed by atoms with Gasteiger partial charge in [-0.3, -0.25) is 9.69 Å². The molecule has 0 saturated carbocycles. The Kier molecular flexibility index (Phi) is 7.39. The Morgan fingerprint density at radius 1 is 1.32 bits per heavy atom. The number of aliphatic carboxylic acids is 1. The molecule has 0 aromatic heterocycles. The van der Waals surface area contributed by atoms with E-state index < -0.39 is 11.4 Å². The molecule has 0 radical (unpaired) electrons. The van der Waals surface area contributed by atoms with Crippen molar-refractivity contribution in [2.45, 2.75) is 52.4 Å². The van der Waals surface area contributed by atoms with Crippen molar-refractivity contribution in [2.75, 3.05) is 32.8 Å². The monoisotopic (exact) mass is 271 g/mol. The van der Waals surface area contributed by atoms with Gasteiger partial charge in [0.15, 0.2) is 0 Å². The predicted molar refractivity (Wildman–Crippen MR) is 76.4 cm³/mol. The summed E-state index contributed by atoms with van der Waals surface area (Å²) in [5.74, 6) is -0.619. The lowest BCUT2D eigenvalue weighted by Crippen LogP contribution is -2.48. The van der Waals surface area contributed by atoms with Gasteiger partial charge in [0.05, 0.1) is 12.0 Å². The molecule has 1 atom stereocenters. The van der Waals surface area contributed by atoms with E-state index in [0.29, 0.717) is 6.54 Å². The standard InChI is InChI=1S/C15H29NO3/c1-3-5-11-19-12-10-16-9-6-8-15(13-16,7-4-2)14(17)18/h3-13H2,1-2H3,(H,17,18). The number of ether oxygens (including phenoxy) is 1. The van der Waals surface area contributed by atoms with Crippen LogP contribution in [-0.2, 0) is 9.53 Å². The van der Waals surface area contributed by atoms with Gasteiger partial charge in [-0.25, -0.2) is 0 Å². The van der Waals surface area contributed by atoms with Crippen LogP contribution in [0, 0.1) is 5.41 Å². The summed E-state index contributed by atoms with van der Waals surface area (Å²) in [5.41, 5.74) is -0.517. The first kappa shape index (κ1) is 16.4. The Bertz CT molecular complexity index is 266. The second-order valence-electron chi connectivity index (χ2n) is 5.68. The highest BCUT2D eigenvalue weighted by atomic mass is 16.5. The Balaban J connectivity index is 2.37. The first-order valence-electron chi connectivity index (χ1n) is 7.68.